The fraction of sp³-hybridized carbons (Fsp3) is 1.00. The number of aliphatic hydroxyl groups excluding tert-OH is 1. The Morgan fingerprint density at radius 1 is 0.343 bits per heavy atom. The van der Waals surface area contributed by atoms with Crippen LogP contribution in [0.1, 0.15) is 355 Å². The van der Waals surface area contributed by atoms with Crippen LogP contribution in [0.3, 0.4) is 0 Å². The number of nitrogens with zero attached hydrogens (tertiary/aromatic N) is 1. The van der Waals surface area contributed by atoms with E-state index in [0.29, 0.717) is 12.1 Å². The van der Waals surface area contributed by atoms with Crippen LogP contribution >= 0.6 is 0 Å². The molecule has 67 heavy (non-hydrogen) atoms. The molecule has 0 atom stereocenters. The number of hydrogen-bond acceptors (Lipinski definition) is 5. The average Bonchev–Trinajstić information content (AvgIpc) is 3.32. The first-order valence-electron chi connectivity index (χ1n) is 30.7. The van der Waals surface area contributed by atoms with Gasteiger partial charge in [0.1, 0.15) is 0 Å². The summed E-state index contributed by atoms with van der Waals surface area (Å²) < 4.78 is 29.7. The average molecular weight is 973 g/mol. The van der Waals surface area contributed by atoms with Crippen LogP contribution < -0.4 is 0 Å². The van der Waals surface area contributed by atoms with Crippen LogP contribution in [0.4, 0.5) is 0 Å². The molecule has 0 saturated heterocycles. The fourth-order valence-corrected chi connectivity index (χ4v) is 10.7. The third-order valence-electron chi connectivity index (χ3n) is 15.1. The normalized spacial score (nSPS) is 12.1. The second-order valence-corrected chi connectivity index (χ2v) is 22.5. The summed E-state index contributed by atoms with van der Waals surface area (Å²) in [5.74, 6) is 0. The zero-order chi connectivity index (χ0) is 49.5. The molecule has 7 heteroatoms. The van der Waals surface area contributed by atoms with Gasteiger partial charge in [-0.1, -0.05) is 336 Å². The molecule has 0 fully saturated rings. The van der Waals surface area contributed by atoms with E-state index in [-0.39, 0.29) is 0 Å². The smallest absolute Gasteiger partial charge is 0.395 e. The van der Waals surface area contributed by atoms with Gasteiger partial charge in [-0.2, -0.15) is 8.42 Å². The molecule has 0 rings (SSSR count). The zero-order valence-electron chi connectivity index (χ0n) is 46.7. The van der Waals surface area contributed by atoms with Gasteiger partial charge in [-0.05, 0) is 25.8 Å². The number of hydrogen-bond donors (Lipinski definition) is 2. The molecule has 6 nitrogen and oxygen atoms in total. The summed E-state index contributed by atoms with van der Waals surface area (Å²) in [6, 6.07) is 0. The summed E-state index contributed by atoms with van der Waals surface area (Å²) in [6.07, 6.45) is 73.4. The van der Waals surface area contributed by atoms with Crippen molar-refractivity contribution in [2.75, 3.05) is 26.8 Å². The van der Waals surface area contributed by atoms with Gasteiger partial charge < -0.3 is 5.11 Å². The Morgan fingerprint density at radius 2 is 0.507 bits per heavy atom. The van der Waals surface area contributed by atoms with E-state index < -0.39 is 10.4 Å². The number of unbranched alkanes of at least 4 members (excludes halogenated alkanes) is 45. The first kappa shape index (κ1) is 68.9. The van der Waals surface area contributed by atoms with Crippen LogP contribution in [0, 0.1) is 0 Å². The molecule has 0 heterocycles. The summed E-state index contributed by atoms with van der Waals surface area (Å²) in [5.41, 5.74) is 0.305. The summed E-state index contributed by atoms with van der Waals surface area (Å²) in [7, 11) is -3.29. The van der Waals surface area contributed by atoms with Crippen molar-refractivity contribution >= 4 is 10.4 Å². The zero-order valence-corrected chi connectivity index (χ0v) is 47.5. The summed E-state index contributed by atoms with van der Waals surface area (Å²) in [4.78, 5) is 2.76. The molecule has 0 radical (unpaired) electrons. The maximum absolute atomic E-state index is 10.2. The predicted molar refractivity (Wildman–Crippen MR) is 298 cm³/mol. The Balaban J connectivity index is 0. The highest BCUT2D eigenvalue weighted by Gasteiger charge is 2.34. The highest BCUT2D eigenvalue weighted by Crippen LogP contribution is 2.35. The second kappa shape index (κ2) is 56.7. The molecule has 0 amide bonds. The quantitative estimate of drug-likeness (QED) is 0.0466. The Morgan fingerprint density at radius 3 is 0.642 bits per heavy atom. The first-order chi connectivity index (χ1) is 32.8. The van der Waals surface area contributed by atoms with Crippen molar-refractivity contribution in [3.63, 3.8) is 0 Å². The van der Waals surface area contributed by atoms with Crippen molar-refractivity contribution in [1.29, 1.82) is 0 Å². The van der Waals surface area contributed by atoms with Crippen molar-refractivity contribution < 1.29 is 22.3 Å². The Labute approximate surface area is 423 Å². The lowest BCUT2D eigenvalue weighted by Crippen LogP contribution is -2.50. The maximum Gasteiger partial charge on any atom is 0.397 e. The minimum absolute atomic E-state index is 0.305. The molecule has 0 aliphatic rings. The van der Waals surface area contributed by atoms with Crippen LogP contribution in [0.25, 0.3) is 0 Å². The van der Waals surface area contributed by atoms with Crippen molar-refractivity contribution in [2.24, 2.45) is 0 Å². The van der Waals surface area contributed by atoms with Crippen LogP contribution in [0.5, 0.6) is 0 Å². The topological polar surface area (TPSA) is 87.1 Å². The van der Waals surface area contributed by atoms with Gasteiger partial charge in [-0.3, -0.25) is 13.6 Å². The number of rotatable bonds is 56. The third-order valence-corrected chi connectivity index (χ3v) is 15.5. The van der Waals surface area contributed by atoms with E-state index >= 15 is 0 Å². The molecule has 0 aromatic rings. The third kappa shape index (κ3) is 53.4. The van der Waals surface area contributed by atoms with Gasteiger partial charge in [-0.15, -0.1) is 0 Å². The lowest BCUT2D eigenvalue weighted by atomic mass is 9.80. The van der Waals surface area contributed by atoms with Gasteiger partial charge in [0.05, 0.1) is 13.7 Å². The van der Waals surface area contributed by atoms with E-state index in [1.165, 1.54) is 327 Å². The fourth-order valence-electron chi connectivity index (χ4n) is 10.7. The van der Waals surface area contributed by atoms with Crippen molar-refractivity contribution in [2.45, 2.75) is 361 Å². The van der Waals surface area contributed by atoms with E-state index in [1.807, 2.05) is 0 Å². The van der Waals surface area contributed by atoms with Gasteiger partial charge in [0.25, 0.3) is 0 Å². The van der Waals surface area contributed by atoms with Gasteiger partial charge in [0.15, 0.2) is 0 Å². The Kier molecular flexibility index (Phi) is 58.3. The molecule has 0 bridgehead atoms. The Bertz CT molecular complexity index is 920. The Hall–Kier alpha value is -0.210. The SMILES string of the molecule is CCCCCCCCCCCCCCCCCCC(CCCCCCCCCCCCCCCCCC)(CCCCCCCCCCCCCCCCCC)N(CC)CCO.COS(=O)(=O)O. The largest absolute Gasteiger partial charge is 0.397 e. The number of likely N-dealkylation sites (N-methyl/N-ethyl adjacent to an activating group) is 1. The van der Waals surface area contributed by atoms with Crippen molar-refractivity contribution in [3.05, 3.63) is 0 Å². The number of aliphatic hydroxyl groups is 1. The lowest BCUT2D eigenvalue weighted by Gasteiger charge is -2.45. The van der Waals surface area contributed by atoms with Gasteiger partial charge in [0.2, 0.25) is 0 Å². The minimum Gasteiger partial charge on any atom is -0.395 e. The van der Waals surface area contributed by atoms with Crippen LogP contribution in [0.15, 0.2) is 0 Å². The molecule has 0 unspecified atom stereocenters. The van der Waals surface area contributed by atoms with Gasteiger partial charge in [0, 0.05) is 12.1 Å². The van der Waals surface area contributed by atoms with Gasteiger partial charge >= 0.3 is 10.4 Å². The first-order valence-corrected chi connectivity index (χ1v) is 32.0. The maximum atomic E-state index is 10.2. The van der Waals surface area contributed by atoms with Crippen molar-refractivity contribution in [3.8, 4) is 0 Å². The van der Waals surface area contributed by atoms with Crippen LogP contribution in [-0.2, 0) is 14.6 Å². The monoisotopic (exact) mass is 972 g/mol. The highest BCUT2D eigenvalue weighted by atomic mass is 32.3. The molecule has 0 saturated carbocycles. The molecule has 0 aliphatic heterocycles. The molecular weight excluding hydrogens is 847 g/mol. The molecule has 0 spiro atoms. The van der Waals surface area contributed by atoms with Crippen LogP contribution in [-0.4, -0.2) is 55.3 Å². The van der Waals surface area contributed by atoms with E-state index in [2.05, 4.69) is 36.8 Å². The summed E-state index contributed by atoms with van der Waals surface area (Å²) in [5, 5.41) is 10.2. The summed E-state index contributed by atoms with van der Waals surface area (Å²) in [6.45, 7) is 11.6. The van der Waals surface area contributed by atoms with E-state index in [1.54, 1.807) is 0 Å². The van der Waals surface area contributed by atoms with E-state index in [4.69, 9.17) is 4.55 Å². The molecule has 0 aromatic carbocycles. The van der Waals surface area contributed by atoms with Crippen molar-refractivity contribution in [1.82, 2.24) is 4.90 Å². The van der Waals surface area contributed by atoms with Crippen LogP contribution in [0.2, 0.25) is 0 Å². The summed E-state index contributed by atoms with van der Waals surface area (Å²) >= 11 is 0. The standard InChI is InChI=1S/C59H121NO.CH4O4S/c1-5-9-12-15-18-21-24-27-30-33-36-39-42-45-48-51-54-59(60(8-4)57-58-61,55-52-49-46-43-40-37-34-31-28-25-22-19-16-13-10-6-2)56-53-50-47-44-41-38-35-32-29-26-23-20-17-14-11-7-3;1-5-6(2,3)4/h61H,5-58H2,1-4H3;1H3,(H,2,3,4). The lowest BCUT2D eigenvalue weighted by molar-refractivity contribution is 0.0420. The highest BCUT2D eigenvalue weighted by molar-refractivity contribution is 7.80. The second-order valence-electron chi connectivity index (χ2n) is 21.3. The molecule has 0 aromatic heterocycles. The molecular formula is C60H125NO5S. The molecule has 2 N–H and O–H groups in total. The molecule has 406 valence electrons. The minimum atomic E-state index is -4.16. The van der Waals surface area contributed by atoms with E-state index in [0.717, 1.165) is 20.2 Å². The molecule has 0 aliphatic carbocycles. The van der Waals surface area contributed by atoms with E-state index in [9.17, 15) is 13.5 Å². The number of β-amino-alcohol motifs (C(OH)–C–C–N with tert-alkyl or cyclic N) is 1. The predicted octanol–water partition coefficient (Wildman–Crippen LogP) is 20.4. The van der Waals surface area contributed by atoms with Gasteiger partial charge in [-0.25, -0.2) is 0 Å².